The molecule has 0 aliphatic heterocycles. The van der Waals surface area contributed by atoms with Crippen molar-refractivity contribution in [1.29, 1.82) is 0 Å². The van der Waals surface area contributed by atoms with Crippen LogP contribution < -0.4 is 12.4 Å². The average Bonchev–Trinajstić information content (AvgIpc) is 0. The van der Waals surface area contributed by atoms with Crippen molar-refractivity contribution in [2.24, 2.45) is 0 Å². The van der Waals surface area contributed by atoms with E-state index in [0.29, 0.717) is 0 Å². The SMILES string of the molecule is [Ca+2].[Cl-].[Cu+2].[O-2]. The van der Waals surface area contributed by atoms with Crippen LogP contribution in [0.2, 0.25) is 0 Å². The van der Waals surface area contributed by atoms with Crippen LogP contribution in [-0.4, -0.2) is 37.7 Å². The molecule has 1 radical (unpaired) electrons. The Morgan fingerprint density at radius 2 is 1.00 bits per heavy atom. The standard InChI is InChI=1S/Ca.ClH.Cu.O/h;1H;;/q+2;;+2;-2/p-1. The fourth-order valence-corrected chi connectivity index (χ4v) is 0. The Labute approximate surface area is 71.7 Å². The number of halogens is 1. The third kappa shape index (κ3) is 8.98. The van der Waals surface area contributed by atoms with Crippen molar-refractivity contribution in [3.63, 3.8) is 0 Å². The third-order valence-corrected chi connectivity index (χ3v) is 0. The predicted molar refractivity (Wildman–Crippen MR) is 6.44 cm³/mol. The van der Waals surface area contributed by atoms with Crippen molar-refractivity contribution in [3.8, 4) is 0 Å². The first-order chi connectivity index (χ1) is 0. The smallest absolute Gasteiger partial charge is 2.00 e. The van der Waals surface area contributed by atoms with Gasteiger partial charge in [-0.3, -0.25) is 0 Å². The molecular formula is CaClCuO+. The largest absolute Gasteiger partial charge is 2.00 e. The molecule has 0 aromatic rings. The minimum atomic E-state index is 0. The maximum absolute atomic E-state index is 0. The molecule has 0 saturated heterocycles. The van der Waals surface area contributed by atoms with Crippen molar-refractivity contribution < 1.29 is 35.0 Å². The summed E-state index contributed by atoms with van der Waals surface area (Å²) >= 11 is 0. The molecule has 0 aliphatic rings. The molecule has 0 aromatic heterocycles. The van der Waals surface area contributed by atoms with Crippen molar-refractivity contribution in [2.75, 3.05) is 0 Å². The summed E-state index contributed by atoms with van der Waals surface area (Å²) in [5.41, 5.74) is 0. The van der Waals surface area contributed by atoms with Crippen LogP contribution in [0.4, 0.5) is 0 Å². The van der Waals surface area contributed by atoms with Gasteiger partial charge in [0.1, 0.15) is 0 Å². The molecule has 4 heavy (non-hydrogen) atoms. The molecule has 25 valence electrons. The van der Waals surface area contributed by atoms with Crippen LogP contribution >= 0.6 is 0 Å². The van der Waals surface area contributed by atoms with Crippen LogP contribution in [0.5, 0.6) is 0 Å². The van der Waals surface area contributed by atoms with Crippen LogP contribution in [0.15, 0.2) is 0 Å². The van der Waals surface area contributed by atoms with E-state index in [1.54, 1.807) is 0 Å². The first-order valence-corrected chi connectivity index (χ1v) is 0. The minimum Gasteiger partial charge on any atom is -2.00 e. The molecule has 0 atom stereocenters. The van der Waals surface area contributed by atoms with E-state index in [1.807, 2.05) is 0 Å². The normalized spacial score (nSPS) is 0. The van der Waals surface area contributed by atoms with Gasteiger partial charge in [-0.15, -0.1) is 0 Å². The van der Waals surface area contributed by atoms with Gasteiger partial charge in [-0.2, -0.15) is 0 Å². The molecule has 0 unspecified atom stereocenters. The van der Waals surface area contributed by atoms with Crippen molar-refractivity contribution in [2.45, 2.75) is 0 Å². The summed E-state index contributed by atoms with van der Waals surface area (Å²) < 4.78 is 0. The Kier molecular flexibility index (Phi) is 184. The molecule has 0 bridgehead atoms. The van der Waals surface area contributed by atoms with Gasteiger partial charge in [-0.1, -0.05) is 0 Å². The Balaban J connectivity index is 0. The van der Waals surface area contributed by atoms with Crippen LogP contribution in [0, 0.1) is 0 Å². The number of rotatable bonds is 0. The summed E-state index contributed by atoms with van der Waals surface area (Å²) in [6.45, 7) is 0. The fourth-order valence-electron chi connectivity index (χ4n) is 0. The summed E-state index contributed by atoms with van der Waals surface area (Å²) in [6.07, 6.45) is 0. The molecule has 0 fully saturated rings. The quantitative estimate of drug-likeness (QED) is 0.325. The maximum atomic E-state index is 0. The molecule has 0 amide bonds. The van der Waals surface area contributed by atoms with E-state index in [-0.39, 0.29) is 72.7 Å². The van der Waals surface area contributed by atoms with Crippen molar-refractivity contribution >= 4 is 37.7 Å². The van der Waals surface area contributed by atoms with Crippen LogP contribution in [-0.2, 0) is 22.5 Å². The second-order valence-electron chi connectivity index (χ2n) is 0. The zero-order chi connectivity index (χ0) is 0. The Morgan fingerprint density at radius 3 is 1.00 bits per heavy atom. The number of hydrogen-bond donors (Lipinski definition) is 0. The third-order valence-electron chi connectivity index (χ3n) is 0. The first kappa shape index (κ1) is 37.0. The molecule has 0 heterocycles. The van der Waals surface area contributed by atoms with E-state index in [1.165, 1.54) is 0 Å². The Hall–Kier alpha value is 2.03. The molecule has 0 aromatic carbocycles. The average molecular weight is 155 g/mol. The van der Waals surface area contributed by atoms with Gasteiger partial charge in [0.15, 0.2) is 0 Å². The summed E-state index contributed by atoms with van der Waals surface area (Å²) in [7, 11) is 0. The topological polar surface area (TPSA) is 28.5 Å². The monoisotopic (exact) mass is 154 g/mol. The molecular weight excluding hydrogens is 155 g/mol. The summed E-state index contributed by atoms with van der Waals surface area (Å²) in [5.74, 6) is 0. The summed E-state index contributed by atoms with van der Waals surface area (Å²) in [6, 6.07) is 0. The van der Waals surface area contributed by atoms with Crippen molar-refractivity contribution in [1.82, 2.24) is 0 Å². The van der Waals surface area contributed by atoms with Gasteiger partial charge in [0, 0.05) is 0 Å². The van der Waals surface area contributed by atoms with Gasteiger partial charge >= 0.3 is 54.8 Å². The first-order valence-electron chi connectivity index (χ1n) is 0. The van der Waals surface area contributed by atoms with Crippen molar-refractivity contribution in [3.05, 3.63) is 0 Å². The zero-order valence-electron chi connectivity index (χ0n) is 1.79. The van der Waals surface area contributed by atoms with E-state index in [0.717, 1.165) is 0 Å². The maximum Gasteiger partial charge on any atom is 2.00 e. The molecule has 0 N–H and O–H groups in total. The van der Waals surface area contributed by atoms with E-state index in [2.05, 4.69) is 0 Å². The Bertz CT molecular complexity index is 8.00. The Morgan fingerprint density at radius 1 is 1.00 bits per heavy atom. The van der Waals surface area contributed by atoms with E-state index < -0.39 is 0 Å². The zero-order valence-corrected chi connectivity index (χ0v) is 5.70. The van der Waals surface area contributed by atoms with Gasteiger partial charge < -0.3 is 17.9 Å². The van der Waals surface area contributed by atoms with Crippen LogP contribution in [0.3, 0.4) is 0 Å². The van der Waals surface area contributed by atoms with E-state index >= 15 is 0 Å². The molecule has 0 saturated carbocycles. The molecule has 0 aliphatic carbocycles. The van der Waals surface area contributed by atoms with E-state index in [9.17, 15) is 0 Å². The second kappa shape index (κ2) is 19.8. The van der Waals surface area contributed by atoms with Crippen LogP contribution in [0.25, 0.3) is 0 Å². The predicted octanol–water partition coefficient (Wildman–Crippen LogP) is -3.50. The van der Waals surface area contributed by atoms with E-state index in [4.69, 9.17) is 0 Å². The van der Waals surface area contributed by atoms with Crippen LogP contribution in [0.1, 0.15) is 0 Å². The molecule has 1 nitrogen and oxygen atoms in total. The summed E-state index contributed by atoms with van der Waals surface area (Å²) in [4.78, 5) is 0. The van der Waals surface area contributed by atoms with Gasteiger partial charge in [-0.05, 0) is 0 Å². The number of hydrogen-bond acceptors (Lipinski definition) is 0. The van der Waals surface area contributed by atoms with Gasteiger partial charge in [0.05, 0.1) is 0 Å². The van der Waals surface area contributed by atoms with Gasteiger partial charge in [-0.25, -0.2) is 0 Å². The molecule has 0 spiro atoms. The minimum absolute atomic E-state index is 0. The fraction of sp³-hybridized carbons (Fsp3) is 0. The summed E-state index contributed by atoms with van der Waals surface area (Å²) in [5, 5.41) is 0. The molecule has 4 heteroatoms. The molecule has 0 rings (SSSR count). The second-order valence-corrected chi connectivity index (χ2v) is 0. The van der Waals surface area contributed by atoms with Gasteiger partial charge in [0.25, 0.3) is 0 Å². The van der Waals surface area contributed by atoms with Gasteiger partial charge in [0.2, 0.25) is 0 Å².